The minimum absolute atomic E-state index is 0.000828. The standard InChI is InChI=1S/C25H28N2O2S/c1-3-29-18-12-14-19(15-13-18)30-24-16-21(20-9-5-7-11-23(20)26-24)25(28)27-22-10-6-4-8-17(22)2/h5,7,9,11-17,22H,3-4,6,8,10H2,1-2H3,(H,27,28)/t17-,22+/m1/s1. The summed E-state index contributed by atoms with van der Waals surface area (Å²) in [6, 6.07) is 18.0. The van der Waals surface area contributed by atoms with Gasteiger partial charge in [0.15, 0.2) is 0 Å². The van der Waals surface area contributed by atoms with Crippen molar-refractivity contribution >= 4 is 28.6 Å². The monoisotopic (exact) mass is 420 g/mol. The number of fused-ring (bicyclic) bond motifs is 1. The predicted octanol–water partition coefficient (Wildman–Crippen LogP) is 6.09. The van der Waals surface area contributed by atoms with Crippen molar-refractivity contribution in [3.05, 3.63) is 60.2 Å². The highest BCUT2D eigenvalue weighted by molar-refractivity contribution is 7.99. The fraction of sp³-hybridized carbons (Fsp3) is 0.360. The van der Waals surface area contributed by atoms with Crippen LogP contribution in [0.1, 0.15) is 49.9 Å². The van der Waals surface area contributed by atoms with Gasteiger partial charge < -0.3 is 10.1 Å². The number of rotatable bonds is 6. The van der Waals surface area contributed by atoms with E-state index < -0.39 is 0 Å². The number of carbonyl (C=O) groups is 1. The third kappa shape index (κ3) is 4.78. The van der Waals surface area contributed by atoms with Gasteiger partial charge in [0, 0.05) is 16.3 Å². The van der Waals surface area contributed by atoms with Gasteiger partial charge in [-0.25, -0.2) is 4.98 Å². The lowest BCUT2D eigenvalue weighted by molar-refractivity contribution is 0.0911. The van der Waals surface area contributed by atoms with Crippen LogP contribution in [-0.2, 0) is 0 Å². The van der Waals surface area contributed by atoms with Gasteiger partial charge in [-0.15, -0.1) is 0 Å². The molecular formula is C25H28N2O2S. The quantitative estimate of drug-likeness (QED) is 0.524. The van der Waals surface area contributed by atoms with Gasteiger partial charge in [-0.05, 0) is 62.1 Å². The van der Waals surface area contributed by atoms with E-state index in [1.54, 1.807) is 11.8 Å². The Morgan fingerprint density at radius 2 is 1.90 bits per heavy atom. The molecule has 4 nitrogen and oxygen atoms in total. The molecule has 1 fully saturated rings. The first kappa shape index (κ1) is 20.7. The molecule has 1 amide bonds. The minimum atomic E-state index is 0.000828. The molecule has 0 unspecified atom stereocenters. The summed E-state index contributed by atoms with van der Waals surface area (Å²) in [6.45, 7) is 4.86. The van der Waals surface area contributed by atoms with E-state index in [2.05, 4.69) is 12.2 Å². The molecule has 1 N–H and O–H groups in total. The minimum Gasteiger partial charge on any atom is -0.494 e. The number of carbonyl (C=O) groups excluding carboxylic acids is 1. The first-order chi connectivity index (χ1) is 14.6. The van der Waals surface area contributed by atoms with E-state index in [1.165, 1.54) is 19.3 Å². The van der Waals surface area contributed by atoms with Crippen LogP contribution in [0.4, 0.5) is 0 Å². The molecule has 1 aromatic heterocycles. The largest absolute Gasteiger partial charge is 0.494 e. The number of ether oxygens (including phenoxy) is 1. The van der Waals surface area contributed by atoms with Gasteiger partial charge >= 0.3 is 0 Å². The van der Waals surface area contributed by atoms with Gasteiger partial charge in [-0.2, -0.15) is 0 Å². The summed E-state index contributed by atoms with van der Waals surface area (Å²) >= 11 is 1.56. The zero-order chi connectivity index (χ0) is 20.9. The Morgan fingerprint density at radius 1 is 1.13 bits per heavy atom. The van der Waals surface area contributed by atoms with E-state index >= 15 is 0 Å². The normalized spacial score (nSPS) is 18.9. The summed E-state index contributed by atoms with van der Waals surface area (Å²) in [5.74, 6) is 1.38. The summed E-state index contributed by atoms with van der Waals surface area (Å²) in [5.41, 5.74) is 1.54. The van der Waals surface area contributed by atoms with E-state index in [0.717, 1.165) is 33.0 Å². The van der Waals surface area contributed by atoms with Crippen molar-refractivity contribution in [1.29, 1.82) is 0 Å². The van der Waals surface area contributed by atoms with Gasteiger partial charge in [0.2, 0.25) is 0 Å². The van der Waals surface area contributed by atoms with Crippen molar-refractivity contribution in [3.8, 4) is 5.75 Å². The van der Waals surface area contributed by atoms with E-state index in [-0.39, 0.29) is 11.9 Å². The fourth-order valence-electron chi connectivity index (χ4n) is 4.06. The lowest BCUT2D eigenvalue weighted by Crippen LogP contribution is -2.41. The zero-order valence-electron chi connectivity index (χ0n) is 17.6. The van der Waals surface area contributed by atoms with Crippen molar-refractivity contribution in [3.63, 3.8) is 0 Å². The molecule has 2 atom stereocenters. The molecule has 0 radical (unpaired) electrons. The lowest BCUT2D eigenvalue weighted by Gasteiger charge is -2.29. The molecule has 30 heavy (non-hydrogen) atoms. The number of pyridine rings is 1. The highest BCUT2D eigenvalue weighted by Crippen LogP contribution is 2.31. The van der Waals surface area contributed by atoms with Crippen LogP contribution in [0.15, 0.2) is 64.5 Å². The average Bonchev–Trinajstić information content (AvgIpc) is 2.76. The van der Waals surface area contributed by atoms with Crippen LogP contribution in [0.2, 0.25) is 0 Å². The Hall–Kier alpha value is -2.53. The second-order valence-corrected chi connectivity index (χ2v) is 8.97. The second kappa shape index (κ2) is 9.52. The maximum atomic E-state index is 13.2. The maximum absolute atomic E-state index is 13.2. The average molecular weight is 421 g/mol. The van der Waals surface area contributed by atoms with E-state index in [0.29, 0.717) is 18.1 Å². The number of nitrogens with zero attached hydrogens (tertiary/aromatic N) is 1. The number of nitrogens with one attached hydrogen (secondary N) is 1. The molecule has 5 heteroatoms. The number of hydrogen-bond acceptors (Lipinski definition) is 4. The molecule has 1 saturated carbocycles. The molecule has 3 aromatic rings. The second-order valence-electron chi connectivity index (χ2n) is 7.87. The third-order valence-electron chi connectivity index (χ3n) is 5.72. The Balaban J connectivity index is 1.61. The summed E-state index contributed by atoms with van der Waals surface area (Å²) in [7, 11) is 0. The van der Waals surface area contributed by atoms with Crippen LogP contribution in [-0.4, -0.2) is 23.5 Å². The molecular weight excluding hydrogens is 392 g/mol. The van der Waals surface area contributed by atoms with Crippen LogP contribution in [0.5, 0.6) is 5.75 Å². The van der Waals surface area contributed by atoms with E-state index in [9.17, 15) is 4.79 Å². The Labute approximate surface area is 182 Å². The number of amides is 1. The Kier molecular flexibility index (Phi) is 6.58. The van der Waals surface area contributed by atoms with Crippen molar-refractivity contribution in [2.45, 2.75) is 55.5 Å². The SMILES string of the molecule is CCOc1ccc(Sc2cc(C(=O)N[C@H]3CCCC[C@H]3C)c3ccccc3n2)cc1. The molecule has 0 aliphatic heterocycles. The molecule has 1 heterocycles. The molecule has 4 rings (SSSR count). The van der Waals surface area contributed by atoms with Crippen molar-refractivity contribution in [2.75, 3.05) is 6.61 Å². The summed E-state index contributed by atoms with van der Waals surface area (Å²) < 4.78 is 5.52. The Bertz CT molecular complexity index is 1020. The molecule has 0 saturated heterocycles. The molecule has 1 aliphatic rings. The smallest absolute Gasteiger partial charge is 0.252 e. The van der Waals surface area contributed by atoms with Crippen LogP contribution >= 0.6 is 11.8 Å². The van der Waals surface area contributed by atoms with Gasteiger partial charge in [-0.3, -0.25) is 4.79 Å². The first-order valence-corrected chi connectivity index (χ1v) is 11.6. The highest BCUT2D eigenvalue weighted by atomic mass is 32.2. The van der Waals surface area contributed by atoms with Gasteiger partial charge in [-0.1, -0.05) is 49.7 Å². The molecule has 1 aliphatic carbocycles. The van der Waals surface area contributed by atoms with E-state index in [4.69, 9.17) is 9.72 Å². The van der Waals surface area contributed by atoms with Crippen LogP contribution in [0.3, 0.4) is 0 Å². The van der Waals surface area contributed by atoms with Crippen molar-refractivity contribution in [2.24, 2.45) is 5.92 Å². The molecule has 2 aromatic carbocycles. The fourth-order valence-corrected chi connectivity index (χ4v) is 4.89. The number of aromatic nitrogens is 1. The number of hydrogen-bond donors (Lipinski definition) is 1. The molecule has 0 spiro atoms. The molecule has 156 valence electrons. The number of para-hydroxylation sites is 1. The molecule has 0 bridgehead atoms. The van der Waals surface area contributed by atoms with Crippen LogP contribution in [0, 0.1) is 5.92 Å². The summed E-state index contributed by atoms with van der Waals surface area (Å²) in [5, 5.41) is 5.01. The van der Waals surface area contributed by atoms with Gasteiger partial charge in [0.05, 0.1) is 17.7 Å². The van der Waals surface area contributed by atoms with Crippen molar-refractivity contribution < 1.29 is 9.53 Å². The topological polar surface area (TPSA) is 51.2 Å². The van der Waals surface area contributed by atoms with Gasteiger partial charge in [0.25, 0.3) is 5.91 Å². The maximum Gasteiger partial charge on any atom is 0.252 e. The van der Waals surface area contributed by atoms with Gasteiger partial charge in [0.1, 0.15) is 10.8 Å². The summed E-state index contributed by atoms with van der Waals surface area (Å²) in [4.78, 5) is 19.1. The van der Waals surface area contributed by atoms with Crippen LogP contribution in [0.25, 0.3) is 10.9 Å². The Morgan fingerprint density at radius 3 is 2.67 bits per heavy atom. The third-order valence-corrected chi connectivity index (χ3v) is 6.65. The predicted molar refractivity (Wildman–Crippen MR) is 122 cm³/mol. The summed E-state index contributed by atoms with van der Waals surface area (Å²) in [6.07, 6.45) is 4.68. The number of benzene rings is 2. The highest BCUT2D eigenvalue weighted by Gasteiger charge is 2.24. The zero-order valence-corrected chi connectivity index (χ0v) is 18.4. The van der Waals surface area contributed by atoms with Crippen LogP contribution < -0.4 is 10.1 Å². The van der Waals surface area contributed by atoms with E-state index in [1.807, 2.05) is 61.5 Å². The lowest BCUT2D eigenvalue weighted by atomic mass is 9.86. The van der Waals surface area contributed by atoms with Crippen molar-refractivity contribution in [1.82, 2.24) is 10.3 Å². The first-order valence-electron chi connectivity index (χ1n) is 10.8.